The molecule has 5 aromatic rings. The summed E-state index contributed by atoms with van der Waals surface area (Å²) in [4.78, 5) is 31.5. The third-order valence-corrected chi connectivity index (χ3v) is 6.87. The molecular formula is C28H18Cl2N4O4. The fourth-order valence-electron chi connectivity index (χ4n) is 4.54. The molecule has 1 aliphatic rings. The molecule has 0 saturated heterocycles. The van der Waals surface area contributed by atoms with Crippen molar-refractivity contribution in [2.24, 2.45) is 0 Å². The molecule has 0 spiro atoms. The number of hydrogen-bond acceptors (Lipinski definition) is 6. The van der Waals surface area contributed by atoms with Crippen molar-refractivity contribution in [3.8, 4) is 5.88 Å². The summed E-state index contributed by atoms with van der Waals surface area (Å²) in [5.41, 5.74) is 7.37. The molecule has 38 heavy (non-hydrogen) atoms. The molecule has 0 fully saturated rings. The number of nitrogens with zero attached hydrogens (tertiary/aromatic N) is 2. The van der Waals surface area contributed by atoms with E-state index in [0.29, 0.717) is 32.6 Å². The van der Waals surface area contributed by atoms with Crippen LogP contribution in [0.5, 0.6) is 0 Å². The summed E-state index contributed by atoms with van der Waals surface area (Å²) in [7, 11) is 0. The molecule has 0 saturated carbocycles. The predicted molar refractivity (Wildman–Crippen MR) is 145 cm³/mol. The first-order valence-corrected chi connectivity index (χ1v) is 12.3. The minimum Gasteiger partial charge on any atom is -0.406 e. The zero-order valence-corrected chi connectivity index (χ0v) is 21.0. The van der Waals surface area contributed by atoms with Gasteiger partial charge in [0.05, 0.1) is 11.5 Å². The number of para-hydroxylation sites is 1. The number of aromatic nitrogens is 2. The maximum absolute atomic E-state index is 13.9. The van der Waals surface area contributed by atoms with E-state index in [1.165, 1.54) is 4.57 Å². The van der Waals surface area contributed by atoms with Gasteiger partial charge in [-0.05, 0) is 41.5 Å². The van der Waals surface area contributed by atoms with E-state index < -0.39 is 17.5 Å². The number of nitrogens with one attached hydrogen (secondary N) is 1. The molecule has 1 amide bonds. The molecule has 3 aromatic carbocycles. The van der Waals surface area contributed by atoms with Gasteiger partial charge in [0.1, 0.15) is 11.0 Å². The van der Waals surface area contributed by atoms with Gasteiger partial charge in [0.2, 0.25) is 11.4 Å². The maximum Gasteiger partial charge on any atom is 0.362 e. The Hall–Kier alpha value is -4.53. The molecular weight excluding hydrogens is 527 g/mol. The fourth-order valence-corrected chi connectivity index (χ4v) is 4.97. The number of amides is 1. The number of benzene rings is 3. The van der Waals surface area contributed by atoms with Crippen LogP contribution in [0.2, 0.25) is 10.0 Å². The lowest BCUT2D eigenvalue weighted by Gasteiger charge is -2.23. The van der Waals surface area contributed by atoms with E-state index in [0.717, 1.165) is 0 Å². The molecule has 0 bridgehead atoms. The first-order chi connectivity index (χ1) is 18.4. The molecule has 3 N–H and O–H groups in total. The Morgan fingerprint density at radius 1 is 0.947 bits per heavy atom. The number of fused-ring (bicyclic) bond motifs is 3. The minimum absolute atomic E-state index is 0.0321. The van der Waals surface area contributed by atoms with Crippen LogP contribution in [0.25, 0.3) is 17.5 Å². The van der Waals surface area contributed by atoms with Crippen LogP contribution >= 0.6 is 23.2 Å². The van der Waals surface area contributed by atoms with E-state index in [-0.39, 0.29) is 28.4 Å². The average Bonchev–Trinajstić information content (AvgIpc) is 3.44. The van der Waals surface area contributed by atoms with Crippen molar-refractivity contribution in [2.75, 3.05) is 11.1 Å². The Morgan fingerprint density at radius 2 is 1.63 bits per heavy atom. The van der Waals surface area contributed by atoms with Gasteiger partial charge in [0.25, 0.3) is 11.9 Å². The van der Waals surface area contributed by atoms with Crippen molar-refractivity contribution in [3.63, 3.8) is 0 Å². The maximum atomic E-state index is 13.9. The fraction of sp³-hybridized carbons (Fsp3) is 0.0357. The van der Waals surface area contributed by atoms with Gasteiger partial charge < -0.3 is 19.9 Å². The van der Waals surface area contributed by atoms with Crippen LogP contribution in [0.3, 0.4) is 0 Å². The summed E-state index contributed by atoms with van der Waals surface area (Å²) in [5, 5.41) is 3.77. The Morgan fingerprint density at radius 3 is 2.37 bits per heavy atom. The number of carbonyl (C=O) groups is 1. The first-order valence-electron chi connectivity index (χ1n) is 11.5. The number of halogens is 2. The van der Waals surface area contributed by atoms with Gasteiger partial charge in [-0.3, -0.25) is 4.79 Å². The second kappa shape index (κ2) is 9.41. The summed E-state index contributed by atoms with van der Waals surface area (Å²) in [6.45, 7) is 0. The molecule has 6 rings (SSSR count). The van der Waals surface area contributed by atoms with Crippen LogP contribution in [0.1, 0.15) is 22.7 Å². The monoisotopic (exact) mass is 544 g/mol. The summed E-state index contributed by atoms with van der Waals surface area (Å²) in [5.74, 6) is -1.22. The Kier molecular flexibility index (Phi) is 5.90. The number of nitrogen functional groups attached to an aromatic ring is 1. The predicted octanol–water partition coefficient (Wildman–Crippen LogP) is 4.07. The molecule has 1 atom stereocenters. The SMILES string of the molecule is Nc1nc2c(o1)-n1c(oc(=O)/c1=C\c1ccccc1Cl)=C(C(=O)Nc1ccccc1)[C@H]2c1ccccc1Cl. The van der Waals surface area contributed by atoms with Gasteiger partial charge in [0, 0.05) is 15.7 Å². The number of hydrogen-bond donors (Lipinski definition) is 2. The van der Waals surface area contributed by atoms with Crippen LogP contribution < -0.4 is 27.6 Å². The van der Waals surface area contributed by atoms with Crippen molar-refractivity contribution >= 4 is 52.5 Å². The van der Waals surface area contributed by atoms with Crippen molar-refractivity contribution in [3.05, 3.63) is 127 Å². The molecule has 188 valence electrons. The quantitative estimate of drug-likeness (QED) is 0.352. The van der Waals surface area contributed by atoms with Gasteiger partial charge >= 0.3 is 5.63 Å². The lowest BCUT2D eigenvalue weighted by molar-refractivity contribution is -0.111. The van der Waals surface area contributed by atoms with Crippen molar-refractivity contribution < 1.29 is 13.6 Å². The zero-order chi connectivity index (χ0) is 26.4. The van der Waals surface area contributed by atoms with Gasteiger partial charge in [0.15, 0.2) is 0 Å². The number of carbonyl (C=O) groups excluding carboxylic acids is 1. The highest BCUT2D eigenvalue weighted by molar-refractivity contribution is 6.32. The molecule has 0 radical (unpaired) electrons. The van der Waals surface area contributed by atoms with Crippen LogP contribution in [0.15, 0.2) is 92.5 Å². The molecule has 3 heterocycles. The second-order valence-electron chi connectivity index (χ2n) is 8.51. The lowest BCUT2D eigenvalue weighted by Crippen LogP contribution is -2.38. The van der Waals surface area contributed by atoms with E-state index in [9.17, 15) is 9.59 Å². The normalized spacial score (nSPS) is 14.7. The summed E-state index contributed by atoms with van der Waals surface area (Å²) in [6, 6.07) is 22.8. The zero-order valence-electron chi connectivity index (χ0n) is 19.5. The largest absolute Gasteiger partial charge is 0.406 e. The van der Waals surface area contributed by atoms with E-state index in [2.05, 4.69) is 10.3 Å². The second-order valence-corrected chi connectivity index (χ2v) is 9.33. The van der Waals surface area contributed by atoms with Crippen LogP contribution in [-0.2, 0) is 4.79 Å². The summed E-state index contributed by atoms with van der Waals surface area (Å²) in [6.07, 6.45) is 1.56. The molecule has 0 unspecified atom stereocenters. The van der Waals surface area contributed by atoms with Gasteiger partial charge in [-0.1, -0.05) is 77.8 Å². The standard InChI is InChI=1S/C28H18Cl2N4O4/c29-18-12-6-4-8-15(18)14-20-27(36)37-25-22(24(35)32-16-9-2-1-3-10-16)21(17-11-5-7-13-19(17)30)23-26(34(20)25)38-28(31)33-23/h1-14,21H,(H2,31,33)(H,32,35)/b20-14+/t21-/m1/s1. The van der Waals surface area contributed by atoms with Crippen molar-refractivity contribution in [1.82, 2.24) is 9.55 Å². The van der Waals surface area contributed by atoms with Gasteiger partial charge in [-0.2, -0.15) is 4.98 Å². The topological polar surface area (TPSA) is 116 Å². The van der Waals surface area contributed by atoms with Crippen LogP contribution in [-0.4, -0.2) is 15.5 Å². The average molecular weight is 545 g/mol. The van der Waals surface area contributed by atoms with Crippen LogP contribution in [0, 0.1) is 0 Å². The smallest absolute Gasteiger partial charge is 0.362 e. The molecule has 8 nitrogen and oxygen atoms in total. The van der Waals surface area contributed by atoms with E-state index in [1.807, 2.05) is 6.07 Å². The van der Waals surface area contributed by atoms with E-state index in [1.54, 1.807) is 78.9 Å². The highest BCUT2D eigenvalue weighted by Gasteiger charge is 2.39. The minimum atomic E-state index is -0.845. The van der Waals surface area contributed by atoms with Gasteiger partial charge in [-0.25, -0.2) is 9.36 Å². The number of nitrogens with two attached hydrogens (primary N) is 1. The molecule has 2 aromatic heterocycles. The molecule has 1 aliphatic heterocycles. The summed E-state index contributed by atoms with van der Waals surface area (Å²) < 4.78 is 12.9. The highest BCUT2D eigenvalue weighted by Crippen LogP contribution is 2.41. The third kappa shape index (κ3) is 4.00. The first kappa shape index (κ1) is 23.8. The van der Waals surface area contributed by atoms with Crippen LogP contribution in [0.4, 0.5) is 11.7 Å². The lowest BCUT2D eigenvalue weighted by atomic mass is 9.86. The molecule has 0 aliphatic carbocycles. The number of anilines is 2. The summed E-state index contributed by atoms with van der Waals surface area (Å²) >= 11 is 13.0. The Bertz CT molecular complexity index is 1890. The van der Waals surface area contributed by atoms with E-state index in [4.69, 9.17) is 37.8 Å². The van der Waals surface area contributed by atoms with Crippen molar-refractivity contribution in [1.29, 1.82) is 0 Å². The highest BCUT2D eigenvalue weighted by atomic mass is 35.5. The van der Waals surface area contributed by atoms with Crippen molar-refractivity contribution in [2.45, 2.75) is 5.92 Å². The Balaban J connectivity index is 1.71. The third-order valence-electron chi connectivity index (χ3n) is 6.18. The number of oxazole rings is 2. The van der Waals surface area contributed by atoms with Gasteiger partial charge in [-0.15, -0.1) is 0 Å². The molecule has 10 heteroatoms. The van der Waals surface area contributed by atoms with E-state index >= 15 is 0 Å². The Labute approximate surface area is 225 Å². The number of rotatable bonds is 4.